The Kier molecular flexibility index (Phi) is 5.19. The van der Waals surface area contributed by atoms with Gasteiger partial charge in [-0.05, 0) is 42.8 Å². The van der Waals surface area contributed by atoms with Crippen molar-refractivity contribution in [2.75, 3.05) is 45.3 Å². The Morgan fingerprint density at radius 1 is 1.14 bits per heavy atom. The second-order valence-electron chi connectivity index (χ2n) is 7.24. The molecule has 1 aliphatic rings. The molecular weight excluding hydrogens is 374 g/mol. The largest absolute Gasteiger partial charge is 0.486 e. The van der Waals surface area contributed by atoms with Crippen LogP contribution in [0.3, 0.4) is 0 Å². The van der Waals surface area contributed by atoms with Crippen LogP contribution in [0, 0.1) is 6.92 Å². The summed E-state index contributed by atoms with van der Waals surface area (Å²) >= 11 is 1.55. The lowest BCUT2D eigenvalue weighted by Gasteiger charge is -2.22. The van der Waals surface area contributed by atoms with Crippen LogP contribution >= 0.6 is 11.3 Å². The average molecular weight is 399 g/mol. The third kappa shape index (κ3) is 3.81. The highest BCUT2D eigenvalue weighted by molar-refractivity contribution is 7.22. The van der Waals surface area contributed by atoms with Gasteiger partial charge in [-0.15, -0.1) is 0 Å². The normalized spacial score (nSPS) is 13.1. The van der Waals surface area contributed by atoms with Crippen LogP contribution in [0.5, 0.6) is 11.5 Å². The number of carbonyl (C=O) groups is 1. The molecule has 7 heteroatoms. The summed E-state index contributed by atoms with van der Waals surface area (Å²) in [5.41, 5.74) is 2.68. The number of benzene rings is 2. The molecule has 28 heavy (non-hydrogen) atoms. The van der Waals surface area contributed by atoms with Gasteiger partial charge in [0.05, 0.1) is 37.4 Å². The third-order valence-electron chi connectivity index (χ3n) is 4.63. The van der Waals surface area contributed by atoms with E-state index in [-0.39, 0.29) is 5.91 Å². The van der Waals surface area contributed by atoms with E-state index in [1.165, 1.54) is 10.5 Å². The molecule has 0 spiro atoms. The Balaban J connectivity index is 1.69. The molecule has 1 amide bonds. The van der Waals surface area contributed by atoms with E-state index < -0.39 is 0 Å². The minimum absolute atomic E-state index is 0.0750. The predicted molar refractivity (Wildman–Crippen MR) is 111 cm³/mol. The van der Waals surface area contributed by atoms with Gasteiger partial charge in [-0.1, -0.05) is 17.4 Å². The maximum absolute atomic E-state index is 13.4. The summed E-state index contributed by atoms with van der Waals surface area (Å²) < 4.78 is 12.3. The first-order valence-electron chi connectivity index (χ1n) is 9.39. The summed E-state index contributed by atoms with van der Waals surface area (Å²) in [6.45, 7) is 4.50. The molecule has 0 aliphatic carbocycles. The molecule has 0 atom stereocenters. The van der Waals surface area contributed by atoms with Crippen LogP contribution < -0.4 is 19.3 Å². The number of carbonyl (C=O) groups excluding carboxylic acids is 1. The molecule has 2 heterocycles. The van der Waals surface area contributed by atoms with Crippen molar-refractivity contribution in [2.45, 2.75) is 6.92 Å². The smallest absolute Gasteiger partial charge is 0.260 e. The van der Waals surface area contributed by atoms with Gasteiger partial charge in [0.15, 0.2) is 16.6 Å². The molecule has 146 valence electrons. The Morgan fingerprint density at radius 2 is 1.93 bits per heavy atom. The highest BCUT2D eigenvalue weighted by atomic mass is 32.1. The van der Waals surface area contributed by atoms with Crippen LogP contribution in [0.1, 0.15) is 15.9 Å². The molecule has 0 saturated carbocycles. The predicted octanol–water partition coefficient (Wildman–Crippen LogP) is 2.17. The van der Waals surface area contributed by atoms with Crippen molar-refractivity contribution in [2.24, 2.45) is 0 Å². The summed E-state index contributed by atoms with van der Waals surface area (Å²) in [6.07, 6.45) is 0. The number of quaternary nitrogens is 1. The molecule has 0 bridgehead atoms. The first-order valence-corrected chi connectivity index (χ1v) is 10.2. The molecule has 3 aromatic rings. The molecule has 0 saturated heterocycles. The Hall–Kier alpha value is -2.64. The highest BCUT2D eigenvalue weighted by Gasteiger charge is 2.24. The zero-order valence-electron chi connectivity index (χ0n) is 16.3. The number of fused-ring (bicyclic) bond motifs is 2. The average Bonchev–Trinajstić information content (AvgIpc) is 3.10. The fourth-order valence-corrected chi connectivity index (χ4v) is 4.17. The Morgan fingerprint density at radius 3 is 2.71 bits per heavy atom. The summed E-state index contributed by atoms with van der Waals surface area (Å²) in [5.74, 6) is 1.23. The van der Waals surface area contributed by atoms with Crippen molar-refractivity contribution in [3.8, 4) is 11.5 Å². The first-order chi connectivity index (χ1) is 13.5. The molecule has 1 aromatic heterocycles. The summed E-state index contributed by atoms with van der Waals surface area (Å²) in [7, 11) is 4.16. The van der Waals surface area contributed by atoms with Gasteiger partial charge >= 0.3 is 0 Å². The van der Waals surface area contributed by atoms with E-state index in [0.29, 0.717) is 36.8 Å². The quantitative estimate of drug-likeness (QED) is 0.716. The molecule has 1 aliphatic heterocycles. The Labute approximate surface area is 168 Å². The van der Waals surface area contributed by atoms with Gasteiger partial charge in [-0.25, -0.2) is 4.98 Å². The molecule has 0 unspecified atom stereocenters. The van der Waals surface area contributed by atoms with Gasteiger partial charge in [0, 0.05) is 5.56 Å². The lowest BCUT2D eigenvalue weighted by Crippen LogP contribution is -3.06. The van der Waals surface area contributed by atoms with Crippen LogP contribution in [-0.2, 0) is 0 Å². The van der Waals surface area contributed by atoms with E-state index in [1.807, 2.05) is 12.1 Å². The number of amides is 1. The number of aromatic nitrogens is 1. The number of hydrogen-bond donors (Lipinski definition) is 1. The van der Waals surface area contributed by atoms with Gasteiger partial charge in [0.2, 0.25) is 0 Å². The van der Waals surface area contributed by atoms with Crippen LogP contribution in [-0.4, -0.2) is 51.3 Å². The van der Waals surface area contributed by atoms with Crippen molar-refractivity contribution in [1.29, 1.82) is 0 Å². The number of nitrogens with one attached hydrogen (secondary N) is 1. The van der Waals surface area contributed by atoms with Gasteiger partial charge < -0.3 is 14.4 Å². The van der Waals surface area contributed by atoms with Gasteiger partial charge in [-0.3, -0.25) is 9.69 Å². The maximum Gasteiger partial charge on any atom is 0.260 e. The molecule has 0 radical (unpaired) electrons. The Bertz CT molecular complexity index is 1020. The molecule has 2 aromatic carbocycles. The van der Waals surface area contributed by atoms with Crippen LogP contribution in [0.4, 0.5) is 5.13 Å². The number of nitrogens with zero attached hydrogens (tertiary/aromatic N) is 2. The van der Waals surface area contributed by atoms with Crippen LogP contribution in [0.15, 0.2) is 36.4 Å². The zero-order chi connectivity index (χ0) is 19.7. The molecule has 6 nitrogen and oxygen atoms in total. The number of ether oxygens (including phenoxy) is 2. The van der Waals surface area contributed by atoms with E-state index in [4.69, 9.17) is 14.5 Å². The monoisotopic (exact) mass is 398 g/mol. The van der Waals surface area contributed by atoms with Crippen molar-refractivity contribution < 1.29 is 19.2 Å². The van der Waals surface area contributed by atoms with Gasteiger partial charge in [0.1, 0.15) is 13.2 Å². The van der Waals surface area contributed by atoms with E-state index in [0.717, 1.165) is 21.9 Å². The summed E-state index contributed by atoms with van der Waals surface area (Å²) in [4.78, 5) is 21.2. The molecule has 1 N–H and O–H groups in total. The van der Waals surface area contributed by atoms with E-state index in [1.54, 1.807) is 34.4 Å². The fraction of sp³-hybridized carbons (Fsp3) is 0.333. The fourth-order valence-electron chi connectivity index (χ4n) is 3.09. The van der Waals surface area contributed by atoms with E-state index in [2.05, 4.69) is 27.1 Å². The van der Waals surface area contributed by atoms with Crippen molar-refractivity contribution in [3.05, 3.63) is 47.5 Å². The molecule has 4 rings (SSSR count). The first kappa shape index (κ1) is 18.7. The maximum atomic E-state index is 13.4. The van der Waals surface area contributed by atoms with Crippen molar-refractivity contribution in [3.63, 3.8) is 0 Å². The number of aryl methyl sites for hydroxylation is 1. The van der Waals surface area contributed by atoms with Gasteiger partial charge in [0.25, 0.3) is 5.91 Å². The summed E-state index contributed by atoms with van der Waals surface area (Å²) in [5, 5.41) is 0.724. The number of thiazole rings is 1. The summed E-state index contributed by atoms with van der Waals surface area (Å²) in [6, 6.07) is 11.5. The van der Waals surface area contributed by atoms with Crippen molar-refractivity contribution in [1.82, 2.24) is 4.98 Å². The third-order valence-corrected chi connectivity index (χ3v) is 5.67. The minimum atomic E-state index is -0.0750. The van der Waals surface area contributed by atoms with Crippen molar-refractivity contribution >= 4 is 32.6 Å². The SMILES string of the molecule is Cc1ccc2nc(N(CC[NH+](C)C)C(=O)c3ccc4c(c3)OCCO4)sc2c1. The van der Waals surface area contributed by atoms with E-state index >= 15 is 0 Å². The van der Waals surface area contributed by atoms with E-state index in [9.17, 15) is 4.79 Å². The minimum Gasteiger partial charge on any atom is -0.486 e. The second-order valence-corrected chi connectivity index (χ2v) is 8.25. The number of hydrogen-bond acceptors (Lipinski definition) is 5. The lowest BCUT2D eigenvalue weighted by molar-refractivity contribution is -0.856. The standard InChI is InChI=1S/C21H23N3O3S/c1-14-4-6-16-19(12-14)28-21(22-16)24(9-8-23(2)3)20(25)15-5-7-17-18(13-15)27-11-10-26-17/h4-7,12-13H,8-11H2,1-3H3/p+1. The van der Waals surface area contributed by atoms with Crippen LogP contribution in [0.25, 0.3) is 10.2 Å². The molecular formula is C21H24N3O3S+. The lowest BCUT2D eigenvalue weighted by atomic mass is 10.1. The van der Waals surface area contributed by atoms with Crippen LogP contribution in [0.2, 0.25) is 0 Å². The number of rotatable bonds is 5. The second kappa shape index (κ2) is 7.77. The topological polar surface area (TPSA) is 56.1 Å². The zero-order valence-corrected chi connectivity index (χ0v) is 17.1. The number of anilines is 1. The molecule has 0 fully saturated rings. The number of likely N-dealkylation sites (N-methyl/N-ethyl adjacent to an activating group) is 1. The highest BCUT2D eigenvalue weighted by Crippen LogP contribution is 2.33. The van der Waals surface area contributed by atoms with Gasteiger partial charge in [-0.2, -0.15) is 0 Å².